The normalized spacial score (nSPS) is 11.2. The van der Waals surface area contributed by atoms with E-state index in [2.05, 4.69) is 5.32 Å². The average molecular weight is 298 g/mol. The van der Waals surface area contributed by atoms with Gasteiger partial charge in [0.2, 0.25) is 0 Å². The maximum Gasteiger partial charge on any atom is 0.416 e. The molecule has 0 radical (unpaired) electrons. The second-order valence-electron chi connectivity index (χ2n) is 4.27. The van der Waals surface area contributed by atoms with E-state index < -0.39 is 29.0 Å². The van der Waals surface area contributed by atoms with Crippen LogP contribution in [0.3, 0.4) is 0 Å². The molecule has 1 amide bonds. The second kappa shape index (κ2) is 5.43. The number of hydrogen-bond donors (Lipinski definition) is 2. The quantitative estimate of drug-likeness (QED) is 0.656. The lowest BCUT2D eigenvalue weighted by Gasteiger charge is -2.10. The van der Waals surface area contributed by atoms with Crippen molar-refractivity contribution in [3.05, 3.63) is 59.4 Å². The van der Waals surface area contributed by atoms with Crippen molar-refractivity contribution in [3.8, 4) is 0 Å². The first-order valence-electron chi connectivity index (χ1n) is 5.81. The molecule has 110 valence electrons. The van der Waals surface area contributed by atoms with Gasteiger partial charge in [-0.3, -0.25) is 4.79 Å². The summed E-state index contributed by atoms with van der Waals surface area (Å²) in [7, 11) is 0. The minimum absolute atomic E-state index is 0.290. The fourth-order valence-corrected chi connectivity index (χ4v) is 1.64. The Labute approximate surface area is 117 Å². The molecule has 0 heterocycles. The van der Waals surface area contributed by atoms with E-state index in [4.69, 9.17) is 5.73 Å². The first-order valence-corrected chi connectivity index (χ1v) is 5.81. The smallest absolute Gasteiger partial charge is 0.399 e. The number of nitrogens with one attached hydrogen (secondary N) is 1. The van der Waals surface area contributed by atoms with Crippen LogP contribution in [-0.2, 0) is 6.18 Å². The highest BCUT2D eigenvalue weighted by Crippen LogP contribution is 2.30. The number of alkyl halides is 3. The Morgan fingerprint density at radius 2 is 1.67 bits per heavy atom. The number of halogens is 4. The number of nitrogen functional groups attached to an aromatic ring is 1. The number of anilines is 2. The molecule has 0 fully saturated rings. The van der Waals surface area contributed by atoms with Crippen LogP contribution in [-0.4, -0.2) is 5.91 Å². The van der Waals surface area contributed by atoms with Gasteiger partial charge in [-0.2, -0.15) is 13.2 Å². The van der Waals surface area contributed by atoms with Crippen molar-refractivity contribution < 1.29 is 22.4 Å². The number of carbonyl (C=O) groups is 1. The third-order valence-corrected chi connectivity index (χ3v) is 2.71. The van der Waals surface area contributed by atoms with Crippen molar-refractivity contribution in [3.63, 3.8) is 0 Å². The van der Waals surface area contributed by atoms with E-state index in [0.717, 1.165) is 6.07 Å². The molecule has 0 unspecified atom stereocenters. The summed E-state index contributed by atoms with van der Waals surface area (Å²) < 4.78 is 50.8. The Kier molecular flexibility index (Phi) is 3.84. The maximum absolute atomic E-state index is 13.6. The van der Waals surface area contributed by atoms with Crippen molar-refractivity contribution >= 4 is 17.3 Å². The number of carbonyl (C=O) groups excluding carboxylic acids is 1. The molecular formula is C14H10F4N2O. The summed E-state index contributed by atoms with van der Waals surface area (Å²) in [5, 5.41) is 2.37. The molecule has 0 spiro atoms. The van der Waals surface area contributed by atoms with E-state index in [1.54, 1.807) is 0 Å². The van der Waals surface area contributed by atoms with Crippen LogP contribution in [0, 0.1) is 5.82 Å². The summed E-state index contributed by atoms with van der Waals surface area (Å²) in [6, 6.07) is 7.78. The predicted octanol–water partition coefficient (Wildman–Crippen LogP) is 3.68. The van der Waals surface area contributed by atoms with Gasteiger partial charge in [0.15, 0.2) is 0 Å². The number of amides is 1. The monoisotopic (exact) mass is 298 g/mol. The number of nitrogens with two attached hydrogens (primary N) is 1. The van der Waals surface area contributed by atoms with Crippen LogP contribution in [0.15, 0.2) is 42.5 Å². The summed E-state index contributed by atoms with van der Waals surface area (Å²) >= 11 is 0. The van der Waals surface area contributed by atoms with E-state index in [1.807, 2.05) is 0 Å². The van der Waals surface area contributed by atoms with Crippen LogP contribution in [0.5, 0.6) is 0 Å². The molecule has 0 aliphatic heterocycles. The van der Waals surface area contributed by atoms with E-state index in [0.29, 0.717) is 17.4 Å². The minimum Gasteiger partial charge on any atom is -0.399 e. The molecule has 2 rings (SSSR count). The minimum atomic E-state index is -4.66. The molecule has 0 aliphatic rings. The molecule has 7 heteroatoms. The Hall–Kier alpha value is -2.57. The van der Waals surface area contributed by atoms with E-state index in [9.17, 15) is 22.4 Å². The lowest BCUT2D eigenvalue weighted by molar-refractivity contribution is -0.137. The van der Waals surface area contributed by atoms with E-state index in [1.165, 1.54) is 24.3 Å². The van der Waals surface area contributed by atoms with Crippen LogP contribution in [0.25, 0.3) is 0 Å². The molecule has 0 saturated carbocycles. The van der Waals surface area contributed by atoms with Crippen LogP contribution in [0.2, 0.25) is 0 Å². The van der Waals surface area contributed by atoms with Crippen molar-refractivity contribution in [2.75, 3.05) is 11.1 Å². The molecule has 0 atom stereocenters. The summed E-state index contributed by atoms with van der Waals surface area (Å²) in [6.45, 7) is 0. The Balaban J connectivity index is 2.22. The third kappa shape index (κ3) is 3.50. The summed E-state index contributed by atoms with van der Waals surface area (Å²) in [4.78, 5) is 11.8. The maximum atomic E-state index is 13.6. The van der Waals surface area contributed by atoms with Gasteiger partial charge < -0.3 is 11.1 Å². The zero-order chi connectivity index (χ0) is 15.6. The van der Waals surface area contributed by atoms with Crippen LogP contribution >= 0.6 is 0 Å². The Bertz CT molecular complexity index is 666. The number of benzene rings is 2. The highest BCUT2D eigenvalue weighted by Gasteiger charge is 2.31. The molecule has 0 bridgehead atoms. The van der Waals surface area contributed by atoms with Crippen LogP contribution < -0.4 is 11.1 Å². The van der Waals surface area contributed by atoms with Gasteiger partial charge in [0.05, 0.1) is 11.1 Å². The molecule has 0 saturated heterocycles. The molecule has 2 aromatic carbocycles. The summed E-state index contributed by atoms with van der Waals surface area (Å²) in [6.07, 6.45) is -4.66. The molecule has 2 aromatic rings. The standard InChI is InChI=1S/C14H10F4N2O/c15-12-7-8(14(16,17)18)1-6-11(12)13(21)20-10-4-2-9(19)3-5-10/h1-7H,19H2,(H,20,21). The van der Waals surface area contributed by atoms with Gasteiger partial charge in [-0.05, 0) is 42.5 Å². The summed E-state index contributed by atoms with van der Waals surface area (Å²) in [5.74, 6) is -2.08. The average Bonchev–Trinajstić information content (AvgIpc) is 2.40. The van der Waals surface area contributed by atoms with Gasteiger partial charge in [-0.25, -0.2) is 4.39 Å². The molecular weight excluding hydrogens is 288 g/mol. The van der Waals surface area contributed by atoms with Gasteiger partial charge in [0.1, 0.15) is 5.82 Å². The number of rotatable bonds is 2. The van der Waals surface area contributed by atoms with Crippen molar-refractivity contribution in [1.82, 2.24) is 0 Å². The van der Waals surface area contributed by atoms with Gasteiger partial charge in [-0.1, -0.05) is 0 Å². The summed E-state index contributed by atoms with van der Waals surface area (Å²) in [5.41, 5.74) is 4.68. The molecule has 0 aliphatic carbocycles. The SMILES string of the molecule is Nc1ccc(NC(=O)c2ccc(C(F)(F)F)cc2F)cc1. The fourth-order valence-electron chi connectivity index (χ4n) is 1.64. The topological polar surface area (TPSA) is 55.1 Å². The van der Waals surface area contributed by atoms with Crippen molar-refractivity contribution in [2.45, 2.75) is 6.18 Å². The molecule has 3 N–H and O–H groups in total. The predicted molar refractivity (Wildman–Crippen MR) is 70.2 cm³/mol. The highest BCUT2D eigenvalue weighted by atomic mass is 19.4. The molecule has 3 nitrogen and oxygen atoms in total. The Morgan fingerprint density at radius 1 is 1.05 bits per heavy atom. The lowest BCUT2D eigenvalue weighted by atomic mass is 10.1. The fraction of sp³-hybridized carbons (Fsp3) is 0.0714. The van der Waals surface area contributed by atoms with Crippen molar-refractivity contribution in [2.24, 2.45) is 0 Å². The van der Waals surface area contributed by atoms with Gasteiger partial charge in [0, 0.05) is 11.4 Å². The zero-order valence-electron chi connectivity index (χ0n) is 10.5. The van der Waals surface area contributed by atoms with Gasteiger partial charge >= 0.3 is 6.18 Å². The van der Waals surface area contributed by atoms with Crippen molar-refractivity contribution in [1.29, 1.82) is 0 Å². The second-order valence-corrected chi connectivity index (χ2v) is 4.27. The van der Waals surface area contributed by atoms with Crippen LogP contribution in [0.4, 0.5) is 28.9 Å². The third-order valence-electron chi connectivity index (χ3n) is 2.71. The van der Waals surface area contributed by atoms with Gasteiger partial charge in [0.25, 0.3) is 5.91 Å². The highest BCUT2D eigenvalue weighted by molar-refractivity contribution is 6.04. The largest absolute Gasteiger partial charge is 0.416 e. The zero-order valence-corrected chi connectivity index (χ0v) is 10.5. The first-order chi connectivity index (χ1) is 9.77. The first kappa shape index (κ1) is 14.8. The van der Waals surface area contributed by atoms with Crippen LogP contribution in [0.1, 0.15) is 15.9 Å². The molecule has 0 aromatic heterocycles. The van der Waals surface area contributed by atoms with E-state index >= 15 is 0 Å². The number of hydrogen-bond acceptors (Lipinski definition) is 2. The molecule has 21 heavy (non-hydrogen) atoms. The lowest BCUT2D eigenvalue weighted by Crippen LogP contribution is -2.15. The van der Waals surface area contributed by atoms with E-state index in [-0.39, 0.29) is 6.07 Å². The Morgan fingerprint density at radius 3 is 2.19 bits per heavy atom. The van der Waals surface area contributed by atoms with Gasteiger partial charge in [-0.15, -0.1) is 0 Å².